The van der Waals surface area contributed by atoms with Crippen molar-refractivity contribution in [1.29, 1.82) is 0 Å². The van der Waals surface area contributed by atoms with Crippen LogP contribution in [-0.4, -0.2) is 39.6 Å². The van der Waals surface area contributed by atoms with Gasteiger partial charge in [-0.1, -0.05) is 12.1 Å². The number of fused-ring (bicyclic) bond motifs is 1. The van der Waals surface area contributed by atoms with Crippen molar-refractivity contribution < 1.29 is 19.5 Å². The summed E-state index contributed by atoms with van der Waals surface area (Å²) in [5.41, 5.74) is 2.83. The summed E-state index contributed by atoms with van der Waals surface area (Å²) in [5.74, 6) is -0.0848. The number of hydrogen-bond donors (Lipinski definition) is 2. The third kappa shape index (κ3) is 3.64. The van der Waals surface area contributed by atoms with Crippen LogP contribution in [-0.2, 0) is 16.8 Å². The molecule has 1 aliphatic heterocycles. The first-order chi connectivity index (χ1) is 12.8. The van der Waals surface area contributed by atoms with Crippen LogP contribution in [0.2, 0.25) is 0 Å². The molecule has 0 radical (unpaired) electrons. The molecule has 1 aromatic heterocycles. The quantitative estimate of drug-likeness (QED) is 0.640. The first-order valence-electron chi connectivity index (χ1n) is 8.76. The maximum absolute atomic E-state index is 13.4. The molecule has 1 aromatic carbocycles. The van der Waals surface area contributed by atoms with Gasteiger partial charge in [0.2, 0.25) is 5.91 Å². The first kappa shape index (κ1) is 18.8. The van der Waals surface area contributed by atoms with E-state index in [4.69, 9.17) is 9.94 Å². The Kier molecular flexibility index (Phi) is 5.14. The number of nitrogens with one attached hydrogen (secondary N) is 1. The van der Waals surface area contributed by atoms with E-state index in [0.29, 0.717) is 24.5 Å². The Balaban J connectivity index is 1.90. The Labute approximate surface area is 157 Å². The van der Waals surface area contributed by atoms with Crippen LogP contribution in [0.25, 0.3) is 0 Å². The molecule has 0 aliphatic carbocycles. The predicted octanol–water partition coefficient (Wildman–Crippen LogP) is 2.29. The molecule has 7 heteroatoms. The smallest absolute Gasteiger partial charge is 0.274 e. The number of aromatic nitrogens is 1. The van der Waals surface area contributed by atoms with E-state index >= 15 is 0 Å². The van der Waals surface area contributed by atoms with Gasteiger partial charge in [-0.2, -0.15) is 0 Å². The summed E-state index contributed by atoms with van der Waals surface area (Å²) in [4.78, 5) is 30.9. The summed E-state index contributed by atoms with van der Waals surface area (Å²) in [5, 5.41) is 8.80. The van der Waals surface area contributed by atoms with Gasteiger partial charge >= 0.3 is 0 Å². The summed E-state index contributed by atoms with van der Waals surface area (Å²) in [6, 6.07) is 8.50. The van der Waals surface area contributed by atoms with Gasteiger partial charge in [0.25, 0.3) is 5.91 Å². The molecule has 2 N–H and O–H groups in total. The number of benzene rings is 1. The molecule has 0 spiro atoms. The molecule has 0 bridgehead atoms. The second kappa shape index (κ2) is 7.36. The highest BCUT2D eigenvalue weighted by Crippen LogP contribution is 2.31. The van der Waals surface area contributed by atoms with E-state index in [1.165, 1.54) is 0 Å². The summed E-state index contributed by atoms with van der Waals surface area (Å²) >= 11 is 0. The van der Waals surface area contributed by atoms with Gasteiger partial charge < -0.3 is 9.64 Å². The van der Waals surface area contributed by atoms with Gasteiger partial charge in [0.15, 0.2) is 0 Å². The second-order valence-corrected chi connectivity index (χ2v) is 7.22. The molecule has 7 nitrogen and oxygen atoms in total. The van der Waals surface area contributed by atoms with Crippen LogP contribution in [0, 0.1) is 0 Å². The molecular weight excluding hydrogens is 346 g/mol. The topological polar surface area (TPSA) is 91.8 Å². The normalized spacial score (nSPS) is 16.7. The van der Waals surface area contributed by atoms with E-state index in [0.717, 1.165) is 11.1 Å². The Morgan fingerprint density at radius 1 is 1.33 bits per heavy atom. The molecule has 3 rings (SSSR count). The number of rotatable bonds is 3. The Morgan fingerprint density at radius 2 is 2.11 bits per heavy atom. The molecule has 0 saturated carbocycles. The Morgan fingerprint density at radius 3 is 2.78 bits per heavy atom. The molecule has 27 heavy (non-hydrogen) atoms. The second-order valence-electron chi connectivity index (χ2n) is 7.22. The van der Waals surface area contributed by atoms with Crippen molar-refractivity contribution >= 4 is 11.8 Å². The van der Waals surface area contributed by atoms with E-state index in [-0.39, 0.29) is 11.9 Å². The summed E-state index contributed by atoms with van der Waals surface area (Å²) < 4.78 is 5.83. The van der Waals surface area contributed by atoms with Crippen molar-refractivity contribution in [2.45, 2.75) is 38.8 Å². The number of hydrogen-bond acceptors (Lipinski definition) is 5. The molecule has 0 unspecified atom stereocenters. The van der Waals surface area contributed by atoms with Crippen LogP contribution >= 0.6 is 0 Å². The third-order valence-electron chi connectivity index (χ3n) is 4.96. The summed E-state index contributed by atoms with van der Waals surface area (Å²) in [6.07, 6.45) is 3.40. The van der Waals surface area contributed by atoms with E-state index in [2.05, 4.69) is 4.98 Å². The zero-order chi connectivity index (χ0) is 19.6. The third-order valence-corrected chi connectivity index (χ3v) is 4.96. The van der Waals surface area contributed by atoms with Gasteiger partial charge in [-0.15, -0.1) is 0 Å². The van der Waals surface area contributed by atoms with Gasteiger partial charge in [0, 0.05) is 30.1 Å². The van der Waals surface area contributed by atoms with Crippen molar-refractivity contribution in [2.75, 3.05) is 6.61 Å². The van der Waals surface area contributed by atoms with Crippen LogP contribution in [0.3, 0.4) is 0 Å². The molecule has 142 valence electrons. The number of pyridine rings is 1. The van der Waals surface area contributed by atoms with Crippen LogP contribution in [0.1, 0.15) is 42.3 Å². The van der Waals surface area contributed by atoms with Gasteiger partial charge in [0.1, 0.15) is 12.4 Å². The van der Waals surface area contributed by atoms with Crippen LogP contribution in [0.4, 0.5) is 0 Å². The van der Waals surface area contributed by atoms with E-state index < -0.39 is 11.3 Å². The van der Waals surface area contributed by atoms with Crippen molar-refractivity contribution in [1.82, 2.24) is 15.4 Å². The molecule has 2 amide bonds. The van der Waals surface area contributed by atoms with Crippen molar-refractivity contribution in [3.8, 4) is 5.75 Å². The Hall–Kier alpha value is -2.93. The van der Waals surface area contributed by atoms with Crippen LogP contribution in [0.15, 0.2) is 42.7 Å². The average molecular weight is 369 g/mol. The predicted molar refractivity (Wildman–Crippen MR) is 98.5 cm³/mol. The molecule has 0 fully saturated rings. The van der Waals surface area contributed by atoms with Crippen molar-refractivity contribution in [3.05, 3.63) is 59.4 Å². The number of nitrogens with zero attached hydrogens (tertiary/aromatic N) is 2. The zero-order valence-electron chi connectivity index (χ0n) is 15.6. The lowest BCUT2D eigenvalue weighted by Crippen LogP contribution is -2.48. The van der Waals surface area contributed by atoms with Crippen molar-refractivity contribution in [3.63, 3.8) is 0 Å². The summed E-state index contributed by atoms with van der Waals surface area (Å²) in [7, 11) is 0. The maximum Gasteiger partial charge on any atom is 0.274 e. The highest BCUT2D eigenvalue weighted by Gasteiger charge is 2.37. The first-order valence-corrected chi connectivity index (χ1v) is 8.76. The number of amides is 2. The molecule has 2 aromatic rings. The number of hydroxylamine groups is 1. The standard InChI is InChI=1S/C20H23N3O4/c1-13-12-27-17-9-14(18(24)22-26)6-7-15(17)11-23(13)19(25)20(2,3)16-5-4-8-21-10-16/h4-10,13,26H,11-12H2,1-3H3,(H,22,24)/t13-/m0/s1. The molecule has 1 atom stereocenters. The van der Waals surface area contributed by atoms with Gasteiger partial charge in [-0.25, -0.2) is 5.48 Å². The lowest BCUT2D eigenvalue weighted by atomic mass is 9.83. The van der Waals surface area contributed by atoms with Crippen LogP contribution in [0.5, 0.6) is 5.75 Å². The molecule has 1 aliphatic rings. The SMILES string of the molecule is C[C@H]1COc2cc(C(=O)NO)ccc2CN1C(=O)C(C)(C)c1cccnc1. The highest BCUT2D eigenvalue weighted by molar-refractivity contribution is 5.94. The minimum atomic E-state index is -0.732. The van der Waals surface area contributed by atoms with Gasteiger partial charge in [-0.3, -0.25) is 19.8 Å². The fourth-order valence-electron chi connectivity index (χ4n) is 3.15. The highest BCUT2D eigenvalue weighted by atomic mass is 16.5. The van der Waals surface area contributed by atoms with Gasteiger partial charge in [0.05, 0.1) is 11.5 Å². The number of carbonyl (C=O) groups excluding carboxylic acids is 2. The Bertz CT molecular complexity index is 852. The molecule has 0 saturated heterocycles. The number of carbonyl (C=O) groups is 2. The largest absolute Gasteiger partial charge is 0.491 e. The van der Waals surface area contributed by atoms with E-state index in [1.807, 2.05) is 32.9 Å². The van der Waals surface area contributed by atoms with Gasteiger partial charge in [-0.05, 0) is 44.5 Å². The lowest BCUT2D eigenvalue weighted by molar-refractivity contribution is -0.139. The average Bonchev–Trinajstić information content (AvgIpc) is 2.86. The number of ether oxygens (including phenoxy) is 1. The fraction of sp³-hybridized carbons (Fsp3) is 0.350. The minimum Gasteiger partial charge on any atom is -0.491 e. The van der Waals surface area contributed by atoms with Crippen LogP contribution < -0.4 is 10.2 Å². The van der Waals surface area contributed by atoms with E-state index in [1.54, 1.807) is 41.0 Å². The summed E-state index contributed by atoms with van der Waals surface area (Å²) in [6.45, 7) is 6.40. The van der Waals surface area contributed by atoms with E-state index in [9.17, 15) is 9.59 Å². The lowest BCUT2D eigenvalue weighted by Gasteiger charge is -2.34. The monoisotopic (exact) mass is 369 g/mol. The molecule has 2 heterocycles. The minimum absolute atomic E-state index is 0.0170. The maximum atomic E-state index is 13.4. The fourth-order valence-corrected chi connectivity index (χ4v) is 3.15. The zero-order valence-corrected chi connectivity index (χ0v) is 15.6. The molecular formula is C20H23N3O4. The van der Waals surface area contributed by atoms with Crippen molar-refractivity contribution in [2.24, 2.45) is 0 Å².